The summed E-state index contributed by atoms with van der Waals surface area (Å²) in [4.78, 5) is 23.2. The van der Waals surface area contributed by atoms with Gasteiger partial charge in [0.1, 0.15) is 5.82 Å². The van der Waals surface area contributed by atoms with E-state index in [4.69, 9.17) is 10.5 Å². The molecule has 2 N–H and O–H groups in total. The molecule has 1 atom stereocenters. The first-order valence-corrected chi connectivity index (χ1v) is 9.09. The summed E-state index contributed by atoms with van der Waals surface area (Å²) in [6.07, 6.45) is 7.35. The summed E-state index contributed by atoms with van der Waals surface area (Å²) in [5.41, 5.74) is 8.38. The van der Waals surface area contributed by atoms with Gasteiger partial charge in [-0.05, 0) is 49.3 Å². The molecular weight excluding hydrogens is 328 g/mol. The molecule has 0 aliphatic carbocycles. The second-order valence-electron chi connectivity index (χ2n) is 6.86. The normalized spacial score (nSPS) is 17.7. The number of nitrogens with zero attached hydrogens (tertiary/aromatic N) is 3. The second-order valence-corrected chi connectivity index (χ2v) is 6.86. The fraction of sp³-hybridized carbons (Fsp3) is 0.450. The van der Waals surface area contributed by atoms with Crippen LogP contribution in [0.5, 0.6) is 0 Å². The molecule has 1 aromatic carbocycles. The number of aromatic nitrogens is 2. The summed E-state index contributed by atoms with van der Waals surface area (Å²) in [7, 11) is 1.67. The Hall–Kier alpha value is -2.47. The molecule has 1 aromatic heterocycles. The number of carbonyl (C=O) groups is 1. The van der Waals surface area contributed by atoms with E-state index >= 15 is 0 Å². The minimum atomic E-state index is 0.113. The summed E-state index contributed by atoms with van der Waals surface area (Å²) >= 11 is 0. The van der Waals surface area contributed by atoms with Crippen molar-refractivity contribution >= 4 is 11.7 Å². The average Bonchev–Trinajstić information content (AvgIpc) is 2.90. The van der Waals surface area contributed by atoms with Gasteiger partial charge in [0.2, 0.25) is 0 Å². The Morgan fingerprint density at radius 2 is 2.00 bits per heavy atom. The van der Waals surface area contributed by atoms with Crippen LogP contribution in [0, 0.1) is 5.92 Å². The predicted octanol–water partition coefficient (Wildman–Crippen LogP) is 2.69. The number of rotatable bonds is 5. The lowest BCUT2D eigenvalue weighted by Crippen LogP contribution is -2.32. The van der Waals surface area contributed by atoms with E-state index in [-0.39, 0.29) is 5.91 Å². The molecule has 3 rings (SSSR count). The van der Waals surface area contributed by atoms with E-state index in [0.29, 0.717) is 18.3 Å². The van der Waals surface area contributed by atoms with Crippen molar-refractivity contribution in [3.63, 3.8) is 0 Å². The number of hydrogen-bond acceptors (Lipinski definition) is 5. The smallest absolute Gasteiger partial charge is 0.253 e. The molecule has 0 saturated carbocycles. The maximum Gasteiger partial charge on any atom is 0.253 e. The number of methoxy groups -OCH3 is 1. The molecule has 1 aliphatic heterocycles. The highest BCUT2D eigenvalue weighted by Crippen LogP contribution is 2.22. The van der Waals surface area contributed by atoms with Crippen molar-refractivity contribution in [2.45, 2.75) is 32.3 Å². The van der Waals surface area contributed by atoms with Crippen molar-refractivity contribution in [2.24, 2.45) is 5.92 Å². The summed E-state index contributed by atoms with van der Waals surface area (Å²) in [5.74, 6) is 1.08. The molecule has 0 radical (unpaired) electrons. The predicted molar refractivity (Wildman–Crippen MR) is 101 cm³/mol. The minimum Gasteiger partial charge on any atom is -0.382 e. The number of nitrogen functional groups attached to an aromatic ring is 1. The Bertz CT molecular complexity index is 716. The SMILES string of the molecule is COCc1ccc(C(=O)N2CCC[C@@H](Cc3cnc(N)cn3)CC2)cc1. The molecule has 6 nitrogen and oxygen atoms in total. The summed E-state index contributed by atoms with van der Waals surface area (Å²) in [6, 6.07) is 7.69. The Balaban J connectivity index is 1.57. The summed E-state index contributed by atoms with van der Waals surface area (Å²) in [6.45, 7) is 2.15. The third-order valence-electron chi connectivity index (χ3n) is 4.87. The third-order valence-corrected chi connectivity index (χ3v) is 4.87. The maximum atomic E-state index is 12.8. The molecule has 2 aromatic rings. The molecule has 26 heavy (non-hydrogen) atoms. The number of anilines is 1. The molecule has 0 bridgehead atoms. The van der Waals surface area contributed by atoms with Crippen LogP contribution in [0.3, 0.4) is 0 Å². The van der Waals surface area contributed by atoms with Gasteiger partial charge in [-0.3, -0.25) is 9.78 Å². The van der Waals surface area contributed by atoms with Gasteiger partial charge < -0.3 is 15.4 Å². The van der Waals surface area contributed by atoms with E-state index in [1.54, 1.807) is 19.5 Å². The molecule has 2 heterocycles. The molecule has 138 valence electrons. The van der Waals surface area contributed by atoms with Gasteiger partial charge in [-0.1, -0.05) is 12.1 Å². The van der Waals surface area contributed by atoms with E-state index in [1.165, 1.54) is 0 Å². The fourth-order valence-electron chi connectivity index (χ4n) is 3.43. The van der Waals surface area contributed by atoms with Gasteiger partial charge in [-0.25, -0.2) is 4.98 Å². The van der Waals surface area contributed by atoms with Crippen molar-refractivity contribution in [3.05, 3.63) is 53.5 Å². The zero-order valence-corrected chi connectivity index (χ0v) is 15.2. The quantitative estimate of drug-likeness (QED) is 0.893. The van der Waals surface area contributed by atoms with Crippen molar-refractivity contribution in [3.8, 4) is 0 Å². The lowest BCUT2D eigenvalue weighted by Gasteiger charge is -2.21. The monoisotopic (exact) mass is 354 g/mol. The highest BCUT2D eigenvalue weighted by atomic mass is 16.5. The number of likely N-dealkylation sites (tertiary alicyclic amines) is 1. The molecule has 0 unspecified atom stereocenters. The number of hydrogen-bond donors (Lipinski definition) is 1. The van der Waals surface area contributed by atoms with Gasteiger partial charge in [-0.2, -0.15) is 0 Å². The first kappa shape index (κ1) is 18.3. The average molecular weight is 354 g/mol. The van der Waals surface area contributed by atoms with Gasteiger partial charge in [-0.15, -0.1) is 0 Å². The molecule has 1 saturated heterocycles. The second kappa shape index (κ2) is 8.76. The topological polar surface area (TPSA) is 81.3 Å². The van der Waals surface area contributed by atoms with E-state index in [1.807, 2.05) is 29.2 Å². The lowest BCUT2D eigenvalue weighted by molar-refractivity contribution is 0.0760. The van der Waals surface area contributed by atoms with Crippen LogP contribution < -0.4 is 5.73 Å². The van der Waals surface area contributed by atoms with Crippen LogP contribution >= 0.6 is 0 Å². The standard InChI is InChI=1S/C20H26N4O2/c1-26-14-16-4-6-17(7-5-16)20(25)24-9-2-3-15(8-10-24)11-18-12-23-19(21)13-22-18/h4-7,12-13,15H,2-3,8-11,14H2,1H3,(H2,21,23)/t15-/m1/s1. The molecular formula is C20H26N4O2. The number of amides is 1. The van der Waals surface area contributed by atoms with Gasteiger partial charge in [0.25, 0.3) is 5.91 Å². The van der Waals surface area contributed by atoms with Crippen molar-refractivity contribution < 1.29 is 9.53 Å². The van der Waals surface area contributed by atoms with Crippen LogP contribution in [0.1, 0.15) is 40.9 Å². The Kier molecular flexibility index (Phi) is 6.17. The molecule has 0 spiro atoms. The van der Waals surface area contributed by atoms with Crippen LogP contribution in [-0.2, 0) is 17.8 Å². The van der Waals surface area contributed by atoms with Gasteiger partial charge in [0.05, 0.1) is 24.7 Å². The number of benzene rings is 1. The largest absolute Gasteiger partial charge is 0.382 e. The maximum absolute atomic E-state index is 12.8. The molecule has 1 fully saturated rings. The Morgan fingerprint density at radius 3 is 2.69 bits per heavy atom. The highest BCUT2D eigenvalue weighted by Gasteiger charge is 2.22. The van der Waals surface area contributed by atoms with Gasteiger partial charge in [0, 0.05) is 25.8 Å². The number of carbonyl (C=O) groups excluding carboxylic acids is 1. The summed E-state index contributed by atoms with van der Waals surface area (Å²) in [5, 5.41) is 0. The first-order valence-electron chi connectivity index (χ1n) is 9.09. The van der Waals surface area contributed by atoms with Crippen molar-refractivity contribution in [2.75, 3.05) is 25.9 Å². The third kappa shape index (κ3) is 4.79. The Morgan fingerprint density at radius 1 is 1.19 bits per heavy atom. The zero-order valence-electron chi connectivity index (χ0n) is 15.2. The van der Waals surface area contributed by atoms with Gasteiger partial charge >= 0.3 is 0 Å². The van der Waals surface area contributed by atoms with Gasteiger partial charge in [0.15, 0.2) is 0 Å². The van der Waals surface area contributed by atoms with Crippen LogP contribution in [0.15, 0.2) is 36.7 Å². The van der Waals surface area contributed by atoms with Crippen LogP contribution in [0.25, 0.3) is 0 Å². The van der Waals surface area contributed by atoms with Crippen molar-refractivity contribution in [1.29, 1.82) is 0 Å². The first-order chi connectivity index (χ1) is 12.7. The van der Waals surface area contributed by atoms with E-state index in [2.05, 4.69) is 9.97 Å². The van der Waals surface area contributed by atoms with Crippen molar-refractivity contribution in [1.82, 2.24) is 14.9 Å². The lowest BCUT2D eigenvalue weighted by atomic mass is 9.95. The molecule has 6 heteroatoms. The number of ether oxygens (including phenoxy) is 1. The molecule has 1 amide bonds. The minimum absolute atomic E-state index is 0.113. The fourth-order valence-corrected chi connectivity index (χ4v) is 3.43. The highest BCUT2D eigenvalue weighted by molar-refractivity contribution is 5.94. The summed E-state index contributed by atoms with van der Waals surface area (Å²) < 4.78 is 5.12. The van der Waals surface area contributed by atoms with E-state index in [0.717, 1.165) is 55.6 Å². The van der Waals surface area contributed by atoms with Crippen LogP contribution in [0.4, 0.5) is 5.82 Å². The van der Waals surface area contributed by atoms with Crippen LogP contribution in [0.2, 0.25) is 0 Å². The van der Waals surface area contributed by atoms with E-state index in [9.17, 15) is 4.79 Å². The zero-order chi connectivity index (χ0) is 18.4. The number of nitrogens with two attached hydrogens (primary N) is 1. The Labute approximate surface area is 154 Å². The molecule has 1 aliphatic rings. The van der Waals surface area contributed by atoms with E-state index < -0.39 is 0 Å². The van der Waals surface area contributed by atoms with Crippen LogP contribution in [-0.4, -0.2) is 41.0 Å².